The number of nitrogens with zero attached hydrogens (tertiary/aromatic N) is 1. The minimum atomic E-state index is -1.35. The zero-order chi connectivity index (χ0) is 28.6. The maximum atomic E-state index is 13.0. The van der Waals surface area contributed by atoms with Gasteiger partial charge in [0.05, 0.1) is 25.5 Å². The monoisotopic (exact) mass is 635 g/mol. The number of carbonyl (C=O) groups is 3. The molecule has 0 unspecified atom stereocenters. The predicted octanol–water partition coefficient (Wildman–Crippen LogP) is 7.17. The Hall–Kier alpha value is -2.42. The molecule has 0 saturated heterocycles. The number of allylic oxidation sites excluding steroid dienone is 2. The molecule has 1 aromatic heterocycles. The number of nitrogens with one attached hydrogen (secondary N) is 2. The van der Waals surface area contributed by atoms with Crippen LogP contribution in [0.15, 0.2) is 46.8 Å². The third-order valence-corrected chi connectivity index (χ3v) is 8.77. The van der Waals surface area contributed by atoms with Gasteiger partial charge in [-0.2, -0.15) is 0 Å². The number of carbonyl (C=O) groups excluding carboxylic acids is 2. The van der Waals surface area contributed by atoms with Gasteiger partial charge in [-0.3, -0.25) is 14.6 Å². The first-order chi connectivity index (χ1) is 18.3. The highest BCUT2D eigenvalue weighted by atomic mass is 79.9. The number of carboxylic acids is 1. The molecular weight excluding hydrogens is 605 g/mol. The molecular formula is C29H32BrCl2N3O4. The molecule has 1 heterocycles. The van der Waals surface area contributed by atoms with Gasteiger partial charge in [0.25, 0.3) is 5.91 Å². The summed E-state index contributed by atoms with van der Waals surface area (Å²) in [5, 5.41) is 17.1. The van der Waals surface area contributed by atoms with Crippen LogP contribution in [0.1, 0.15) is 75.2 Å². The molecule has 1 saturated carbocycles. The summed E-state index contributed by atoms with van der Waals surface area (Å²) in [6.07, 6.45) is 7.64. The van der Waals surface area contributed by atoms with Crippen LogP contribution in [0.5, 0.6) is 0 Å². The molecule has 1 atom stereocenters. The molecule has 1 amide bonds. The molecule has 39 heavy (non-hydrogen) atoms. The average Bonchev–Trinajstić information content (AvgIpc) is 2.87. The molecule has 4 rings (SSSR count). The van der Waals surface area contributed by atoms with Gasteiger partial charge in [-0.1, -0.05) is 75.4 Å². The van der Waals surface area contributed by atoms with Crippen LogP contribution in [-0.4, -0.2) is 33.3 Å². The lowest BCUT2D eigenvalue weighted by molar-refractivity contribution is -0.147. The lowest BCUT2D eigenvalue weighted by Gasteiger charge is -2.49. The van der Waals surface area contributed by atoms with Gasteiger partial charge in [0.15, 0.2) is 5.78 Å². The molecule has 10 heteroatoms. The fourth-order valence-corrected chi connectivity index (χ4v) is 7.16. The largest absolute Gasteiger partial charge is 0.479 e. The third-order valence-electron chi connectivity index (χ3n) is 7.44. The molecule has 7 nitrogen and oxygen atoms in total. The minimum Gasteiger partial charge on any atom is -0.479 e. The molecule has 0 aliphatic heterocycles. The Morgan fingerprint density at radius 1 is 1.05 bits per heavy atom. The molecule has 2 aliphatic carbocycles. The molecule has 0 radical (unpaired) electrons. The minimum absolute atomic E-state index is 0.0641. The molecule has 0 bridgehead atoms. The summed E-state index contributed by atoms with van der Waals surface area (Å²) in [5.41, 5.74) is -0.167. The van der Waals surface area contributed by atoms with Gasteiger partial charge in [0.2, 0.25) is 0 Å². The number of halogens is 3. The van der Waals surface area contributed by atoms with Crippen LogP contribution in [0, 0.1) is 10.8 Å². The van der Waals surface area contributed by atoms with Gasteiger partial charge in [-0.25, -0.2) is 4.79 Å². The third kappa shape index (κ3) is 6.03. The van der Waals surface area contributed by atoms with Crippen LogP contribution < -0.4 is 10.6 Å². The quantitative estimate of drug-likeness (QED) is 0.283. The SMILES string of the molecule is CC(C)(C)C[C@@](Cc1ccc(NC(=O)c2c(Cl)cncc2Cl)cc1)(NC1=C(Br)C(=O)C12CCCCC2)C(=O)O. The molecule has 208 valence electrons. The standard InChI is InChI=1S/C29H32BrCl2N3O4/c1-27(2,3)16-29(26(38)39,35-23-22(30)24(36)28(23)11-5-4-6-12-28)13-17-7-9-18(10-8-17)34-25(37)21-19(31)14-33-15-20(21)32/h7-10,14-15,35H,4-6,11-13,16H2,1-3H3,(H,34,37)(H,38,39)/t29-/m1/s1. The number of rotatable bonds is 8. The van der Waals surface area contributed by atoms with E-state index >= 15 is 0 Å². The van der Waals surface area contributed by atoms with Crippen LogP contribution >= 0.6 is 39.1 Å². The van der Waals surface area contributed by atoms with Crippen LogP contribution in [-0.2, 0) is 16.0 Å². The number of benzene rings is 1. The number of Topliss-reactive ketones (excluding diaryl/α,β-unsaturated/α-hetero) is 1. The second-order valence-electron chi connectivity index (χ2n) is 11.7. The summed E-state index contributed by atoms with van der Waals surface area (Å²) in [7, 11) is 0. The predicted molar refractivity (Wildman–Crippen MR) is 156 cm³/mol. The number of hydrogen-bond acceptors (Lipinski definition) is 5. The van der Waals surface area contributed by atoms with Crippen molar-refractivity contribution < 1.29 is 19.5 Å². The topological polar surface area (TPSA) is 108 Å². The molecule has 2 aromatic rings. The van der Waals surface area contributed by atoms with Gasteiger partial charge in [0, 0.05) is 30.2 Å². The van der Waals surface area contributed by atoms with Crippen molar-refractivity contribution in [2.45, 2.75) is 71.3 Å². The van der Waals surface area contributed by atoms with E-state index in [0.29, 0.717) is 22.3 Å². The van der Waals surface area contributed by atoms with Crippen LogP contribution in [0.3, 0.4) is 0 Å². The highest BCUT2D eigenvalue weighted by Gasteiger charge is 2.56. The number of aromatic nitrogens is 1. The van der Waals surface area contributed by atoms with Crippen molar-refractivity contribution in [2.24, 2.45) is 10.8 Å². The highest BCUT2D eigenvalue weighted by molar-refractivity contribution is 9.12. The maximum Gasteiger partial charge on any atom is 0.329 e. The second kappa shape index (κ2) is 11.2. The lowest BCUT2D eigenvalue weighted by Crippen LogP contribution is -2.61. The first kappa shape index (κ1) is 29.6. The summed E-state index contributed by atoms with van der Waals surface area (Å²) in [6.45, 7) is 6.02. The summed E-state index contributed by atoms with van der Waals surface area (Å²) >= 11 is 15.7. The Balaban J connectivity index is 1.61. The van der Waals surface area contributed by atoms with Crippen molar-refractivity contribution >= 4 is 62.5 Å². The molecule has 1 fully saturated rings. The van der Waals surface area contributed by atoms with E-state index < -0.39 is 22.8 Å². The second-order valence-corrected chi connectivity index (χ2v) is 13.3. The Kier molecular flexibility index (Phi) is 8.50. The van der Waals surface area contributed by atoms with E-state index in [4.69, 9.17) is 23.2 Å². The van der Waals surface area contributed by atoms with E-state index in [1.807, 2.05) is 20.8 Å². The zero-order valence-electron chi connectivity index (χ0n) is 22.2. The average molecular weight is 637 g/mol. The van der Waals surface area contributed by atoms with Crippen molar-refractivity contribution in [3.8, 4) is 0 Å². The van der Waals surface area contributed by atoms with Gasteiger partial charge >= 0.3 is 5.97 Å². The fraction of sp³-hybridized carbons (Fsp3) is 0.448. The summed E-state index contributed by atoms with van der Waals surface area (Å²) in [5.74, 6) is -1.39. The number of aliphatic carboxylic acids is 1. The Morgan fingerprint density at radius 2 is 1.64 bits per heavy atom. The Bertz CT molecular complexity index is 1310. The van der Waals surface area contributed by atoms with Crippen LogP contribution in [0.25, 0.3) is 0 Å². The van der Waals surface area contributed by atoms with E-state index in [2.05, 4.69) is 31.5 Å². The van der Waals surface area contributed by atoms with E-state index in [1.54, 1.807) is 24.3 Å². The molecule has 1 aromatic carbocycles. The van der Waals surface area contributed by atoms with Crippen LogP contribution in [0.2, 0.25) is 10.0 Å². The number of pyridine rings is 1. The smallest absolute Gasteiger partial charge is 0.329 e. The Labute approximate surface area is 246 Å². The molecule has 3 N–H and O–H groups in total. The van der Waals surface area contributed by atoms with Crippen molar-refractivity contribution in [3.63, 3.8) is 0 Å². The van der Waals surface area contributed by atoms with E-state index in [0.717, 1.165) is 37.7 Å². The first-order valence-electron chi connectivity index (χ1n) is 12.9. The van der Waals surface area contributed by atoms with Gasteiger partial charge < -0.3 is 15.7 Å². The number of hydrogen-bond donors (Lipinski definition) is 3. The number of amides is 1. The molecule has 1 spiro atoms. The van der Waals surface area contributed by atoms with Crippen LogP contribution in [0.4, 0.5) is 5.69 Å². The van der Waals surface area contributed by atoms with Gasteiger partial charge in [-0.15, -0.1) is 0 Å². The highest BCUT2D eigenvalue weighted by Crippen LogP contribution is 2.54. The summed E-state index contributed by atoms with van der Waals surface area (Å²) in [4.78, 5) is 42.6. The van der Waals surface area contributed by atoms with Crippen molar-refractivity contribution in [2.75, 3.05) is 5.32 Å². The van der Waals surface area contributed by atoms with Gasteiger partial charge in [0.1, 0.15) is 5.54 Å². The maximum absolute atomic E-state index is 13.0. The first-order valence-corrected chi connectivity index (χ1v) is 14.5. The summed E-state index contributed by atoms with van der Waals surface area (Å²) < 4.78 is 0.454. The fourth-order valence-electron chi connectivity index (χ4n) is 5.77. The normalized spacial score (nSPS) is 18.4. The zero-order valence-corrected chi connectivity index (χ0v) is 25.3. The van der Waals surface area contributed by atoms with E-state index in [-0.39, 0.29) is 33.2 Å². The van der Waals surface area contributed by atoms with E-state index in [9.17, 15) is 19.5 Å². The lowest BCUT2D eigenvalue weighted by atomic mass is 9.61. The summed E-state index contributed by atoms with van der Waals surface area (Å²) in [6, 6.07) is 7.01. The molecule has 2 aliphatic rings. The number of ketones is 1. The van der Waals surface area contributed by atoms with E-state index in [1.165, 1.54) is 12.4 Å². The number of anilines is 1. The number of carboxylic acid groups (broad SMARTS) is 1. The van der Waals surface area contributed by atoms with Crippen molar-refractivity contribution in [3.05, 3.63) is 68.0 Å². The Morgan fingerprint density at radius 3 is 2.18 bits per heavy atom. The van der Waals surface area contributed by atoms with Crippen molar-refractivity contribution in [1.29, 1.82) is 0 Å². The van der Waals surface area contributed by atoms with Gasteiger partial charge in [-0.05, 0) is 58.3 Å². The van der Waals surface area contributed by atoms with Crippen molar-refractivity contribution in [1.82, 2.24) is 10.3 Å².